The number of aliphatic hydroxyl groups excluding tert-OH is 1. The van der Waals surface area contributed by atoms with Gasteiger partial charge in [-0.15, -0.1) is 0 Å². The van der Waals surface area contributed by atoms with Gasteiger partial charge >= 0.3 is 5.97 Å². The molecule has 7 heteroatoms. The second-order valence-corrected chi connectivity index (χ2v) is 3.12. The Morgan fingerprint density at radius 2 is 2.12 bits per heavy atom. The van der Waals surface area contributed by atoms with Crippen LogP contribution in [0.4, 0.5) is 0 Å². The number of carbonyl (C=O) groups is 2. The Hall–Kier alpha value is -2.02. The zero-order valence-corrected chi connectivity index (χ0v) is 8.49. The topological polar surface area (TPSA) is 112 Å². The highest BCUT2D eigenvalue weighted by atomic mass is 16.4. The number of nitrogens with one attached hydrogen (secondary N) is 1. The van der Waals surface area contributed by atoms with Gasteiger partial charge in [0.1, 0.15) is 5.69 Å². The first-order chi connectivity index (χ1) is 7.52. The van der Waals surface area contributed by atoms with Gasteiger partial charge in [0.25, 0.3) is 5.91 Å². The van der Waals surface area contributed by atoms with Crippen LogP contribution >= 0.6 is 0 Å². The van der Waals surface area contributed by atoms with Gasteiger partial charge in [0.15, 0.2) is 6.04 Å². The minimum atomic E-state index is -1.37. The normalized spacial score (nSPS) is 13.9. The highest BCUT2D eigenvalue weighted by molar-refractivity contribution is 5.94. The average molecular weight is 225 g/mol. The van der Waals surface area contributed by atoms with Gasteiger partial charge in [-0.25, -0.2) is 9.78 Å². The fraction of sp³-hybridized carbons (Fsp3) is 0.333. The van der Waals surface area contributed by atoms with Crippen molar-refractivity contribution in [2.75, 3.05) is 0 Å². The summed E-state index contributed by atoms with van der Waals surface area (Å²) in [5.41, 5.74) is -0.00519. The first kappa shape index (κ1) is 12.1. The monoisotopic (exact) mass is 225 g/mol. The number of aliphatic hydroxyl groups is 1. The molecule has 1 rings (SSSR count). The van der Waals surface area contributed by atoms with E-state index in [4.69, 9.17) is 10.2 Å². The molecule has 7 nitrogen and oxygen atoms in total. The van der Waals surface area contributed by atoms with E-state index in [0.29, 0.717) is 0 Å². The second kappa shape index (κ2) is 5.17. The summed E-state index contributed by atoms with van der Waals surface area (Å²) in [6, 6.07) is -1.37. The molecule has 3 N–H and O–H groups in total. The molecule has 0 aliphatic heterocycles. The van der Waals surface area contributed by atoms with Crippen LogP contribution in [-0.2, 0) is 4.79 Å². The van der Waals surface area contributed by atoms with Crippen molar-refractivity contribution in [1.82, 2.24) is 15.3 Å². The lowest BCUT2D eigenvalue weighted by Crippen LogP contribution is -2.47. The maximum absolute atomic E-state index is 11.5. The average Bonchev–Trinajstić information content (AvgIpc) is 2.25. The van der Waals surface area contributed by atoms with Crippen LogP contribution in [0.2, 0.25) is 0 Å². The molecule has 0 aliphatic rings. The maximum atomic E-state index is 11.5. The molecule has 1 aromatic heterocycles. The molecule has 0 saturated carbocycles. The molecule has 1 heterocycles. The van der Waals surface area contributed by atoms with E-state index in [2.05, 4.69) is 15.3 Å². The molecule has 16 heavy (non-hydrogen) atoms. The number of aromatic nitrogens is 2. The molecule has 0 saturated heterocycles. The Labute approximate surface area is 91.2 Å². The third kappa shape index (κ3) is 2.99. The van der Waals surface area contributed by atoms with Crippen LogP contribution in [0, 0.1) is 0 Å². The first-order valence-corrected chi connectivity index (χ1v) is 4.50. The van der Waals surface area contributed by atoms with E-state index in [0.717, 1.165) is 0 Å². The summed E-state index contributed by atoms with van der Waals surface area (Å²) < 4.78 is 0. The summed E-state index contributed by atoms with van der Waals surface area (Å²) in [4.78, 5) is 29.5. The Bertz CT molecular complexity index is 380. The van der Waals surface area contributed by atoms with Crippen LogP contribution in [0.15, 0.2) is 18.6 Å². The van der Waals surface area contributed by atoms with Crippen LogP contribution in [0.5, 0.6) is 0 Å². The standard InChI is InChI=1S/C9H11N3O4/c1-5(13)7(9(15)16)12-8(14)6-4-10-2-3-11-6/h2-5,7,13H,1H3,(H,12,14)(H,15,16). The number of aliphatic carboxylic acids is 1. The summed E-state index contributed by atoms with van der Waals surface area (Å²) in [6.07, 6.45) is 2.71. The maximum Gasteiger partial charge on any atom is 0.328 e. The molecule has 1 amide bonds. The van der Waals surface area contributed by atoms with Gasteiger partial charge in [0.05, 0.1) is 12.3 Å². The van der Waals surface area contributed by atoms with Gasteiger partial charge in [-0.1, -0.05) is 0 Å². The molecule has 0 bridgehead atoms. The van der Waals surface area contributed by atoms with Gasteiger partial charge in [-0.2, -0.15) is 0 Å². The van der Waals surface area contributed by atoms with E-state index >= 15 is 0 Å². The third-order valence-corrected chi connectivity index (χ3v) is 1.83. The number of hydrogen-bond acceptors (Lipinski definition) is 5. The lowest BCUT2D eigenvalue weighted by molar-refractivity contribution is -0.141. The van der Waals surface area contributed by atoms with Crippen LogP contribution in [0.1, 0.15) is 17.4 Å². The highest BCUT2D eigenvalue weighted by Crippen LogP contribution is 1.96. The van der Waals surface area contributed by atoms with Crippen molar-refractivity contribution in [2.45, 2.75) is 19.1 Å². The fourth-order valence-corrected chi connectivity index (χ4v) is 1.02. The van der Waals surface area contributed by atoms with Crippen LogP contribution in [0.3, 0.4) is 0 Å². The summed E-state index contributed by atoms with van der Waals surface area (Å²) in [5.74, 6) is -2.01. The van der Waals surface area contributed by atoms with E-state index in [1.54, 1.807) is 0 Å². The van der Waals surface area contributed by atoms with Crippen LogP contribution in [0.25, 0.3) is 0 Å². The summed E-state index contributed by atoms with van der Waals surface area (Å²) >= 11 is 0. The molecule has 86 valence electrons. The van der Waals surface area contributed by atoms with Crippen molar-refractivity contribution in [3.63, 3.8) is 0 Å². The highest BCUT2D eigenvalue weighted by Gasteiger charge is 2.25. The summed E-state index contributed by atoms with van der Waals surface area (Å²) in [7, 11) is 0. The zero-order valence-electron chi connectivity index (χ0n) is 8.49. The molecule has 0 aliphatic carbocycles. The largest absolute Gasteiger partial charge is 0.480 e. The first-order valence-electron chi connectivity index (χ1n) is 4.50. The lowest BCUT2D eigenvalue weighted by atomic mass is 10.2. The molecular weight excluding hydrogens is 214 g/mol. The molecular formula is C9H11N3O4. The van der Waals surface area contributed by atoms with E-state index in [1.165, 1.54) is 25.5 Å². The predicted octanol–water partition coefficient (Wildman–Crippen LogP) is -0.960. The fourth-order valence-electron chi connectivity index (χ4n) is 1.02. The summed E-state index contributed by atoms with van der Waals surface area (Å²) in [6.45, 7) is 1.27. The Balaban J connectivity index is 2.74. The van der Waals surface area contributed by atoms with Crippen molar-refractivity contribution >= 4 is 11.9 Å². The van der Waals surface area contributed by atoms with Gasteiger partial charge in [0.2, 0.25) is 0 Å². The van der Waals surface area contributed by atoms with Gasteiger partial charge in [-0.05, 0) is 6.92 Å². The van der Waals surface area contributed by atoms with E-state index < -0.39 is 24.0 Å². The molecule has 2 atom stereocenters. The van der Waals surface area contributed by atoms with E-state index in [1.807, 2.05) is 0 Å². The van der Waals surface area contributed by atoms with Crippen LogP contribution < -0.4 is 5.32 Å². The second-order valence-electron chi connectivity index (χ2n) is 3.12. The molecule has 0 radical (unpaired) electrons. The number of carboxylic acids is 1. The van der Waals surface area contributed by atoms with Crippen molar-refractivity contribution in [1.29, 1.82) is 0 Å². The van der Waals surface area contributed by atoms with Crippen LogP contribution in [-0.4, -0.2) is 44.2 Å². The molecule has 0 spiro atoms. The predicted molar refractivity (Wildman–Crippen MR) is 52.6 cm³/mol. The number of nitrogens with zero attached hydrogens (tertiary/aromatic N) is 2. The number of amides is 1. The Kier molecular flexibility index (Phi) is 3.90. The lowest BCUT2D eigenvalue weighted by Gasteiger charge is -2.16. The Morgan fingerprint density at radius 1 is 1.44 bits per heavy atom. The zero-order chi connectivity index (χ0) is 12.1. The number of carboxylic acid groups (broad SMARTS) is 1. The number of rotatable bonds is 4. The van der Waals surface area contributed by atoms with Crippen molar-refractivity contribution in [3.05, 3.63) is 24.3 Å². The van der Waals surface area contributed by atoms with Crippen molar-refractivity contribution < 1.29 is 19.8 Å². The van der Waals surface area contributed by atoms with Gasteiger partial charge in [0, 0.05) is 12.4 Å². The SMILES string of the molecule is CC(O)C(NC(=O)c1cnccn1)C(=O)O. The van der Waals surface area contributed by atoms with Crippen molar-refractivity contribution in [2.24, 2.45) is 0 Å². The third-order valence-electron chi connectivity index (χ3n) is 1.83. The van der Waals surface area contributed by atoms with E-state index in [9.17, 15) is 9.59 Å². The Morgan fingerprint density at radius 3 is 2.56 bits per heavy atom. The number of hydrogen-bond donors (Lipinski definition) is 3. The minimum Gasteiger partial charge on any atom is -0.480 e. The summed E-state index contributed by atoms with van der Waals surface area (Å²) in [5, 5.41) is 20.0. The smallest absolute Gasteiger partial charge is 0.328 e. The minimum absolute atomic E-state index is 0.00519. The van der Waals surface area contributed by atoms with Gasteiger partial charge < -0.3 is 15.5 Å². The molecule has 0 aromatic carbocycles. The molecule has 0 fully saturated rings. The van der Waals surface area contributed by atoms with E-state index in [-0.39, 0.29) is 5.69 Å². The molecule has 1 aromatic rings. The van der Waals surface area contributed by atoms with Gasteiger partial charge in [-0.3, -0.25) is 9.78 Å². The molecule has 2 unspecified atom stereocenters. The quantitative estimate of drug-likeness (QED) is 0.608. The van der Waals surface area contributed by atoms with Crippen molar-refractivity contribution in [3.8, 4) is 0 Å². The number of carbonyl (C=O) groups excluding carboxylic acids is 1.